The minimum absolute atomic E-state index is 0.138. The molecule has 1 aromatic rings. The number of aliphatic hydroxyl groups is 1. The lowest BCUT2D eigenvalue weighted by molar-refractivity contribution is -0.258. The average Bonchev–Trinajstić information content (AvgIpc) is 2.46. The van der Waals surface area contributed by atoms with Gasteiger partial charge in [0.25, 0.3) is 5.91 Å². The van der Waals surface area contributed by atoms with Crippen LogP contribution in [0.3, 0.4) is 0 Å². The molecule has 1 N–H and O–H groups in total. The molecule has 1 aromatic carbocycles. The molecular formula is C16H20F3NO2. The molecule has 1 fully saturated rings. The molecule has 0 bridgehead atoms. The van der Waals surface area contributed by atoms with Gasteiger partial charge in [0.1, 0.15) is 0 Å². The van der Waals surface area contributed by atoms with Gasteiger partial charge in [0.15, 0.2) is 5.60 Å². The number of carbonyl (C=O) groups is 1. The van der Waals surface area contributed by atoms with E-state index in [1.54, 1.807) is 4.90 Å². The summed E-state index contributed by atoms with van der Waals surface area (Å²) in [5.41, 5.74) is -2.86. The van der Waals surface area contributed by atoms with Crippen LogP contribution in [0.1, 0.15) is 49.0 Å². The molecule has 0 unspecified atom stereocenters. The van der Waals surface area contributed by atoms with Crippen LogP contribution in [0.25, 0.3) is 0 Å². The normalized spacial score (nSPS) is 22.3. The van der Waals surface area contributed by atoms with Crippen LogP contribution in [0, 0.1) is 0 Å². The second-order valence-electron chi connectivity index (χ2n) is 5.99. The first-order chi connectivity index (χ1) is 10.1. The highest BCUT2D eigenvalue weighted by Gasteiger charge is 2.51. The molecule has 2 rings (SSSR count). The minimum atomic E-state index is -4.76. The van der Waals surface area contributed by atoms with Crippen LogP contribution in [0.15, 0.2) is 24.3 Å². The largest absolute Gasteiger partial charge is 0.421 e. The SMILES string of the molecule is C[C@@H]1CCCCN1C(=O)c1ccc([C@](C)(O)C(F)(F)F)cc1. The number of halogens is 3. The Morgan fingerprint density at radius 1 is 1.23 bits per heavy atom. The summed E-state index contributed by atoms with van der Waals surface area (Å²) < 4.78 is 38.4. The molecule has 22 heavy (non-hydrogen) atoms. The molecule has 1 aliphatic heterocycles. The zero-order chi connectivity index (χ0) is 16.5. The molecule has 0 saturated carbocycles. The molecule has 3 nitrogen and oxygen atoms in total. The van der Waals surface area contributed by atoms with Crippen molar-refractivity contribution in [1.82, 2.24) is 4.90 Å². The zero-order valence-corrected chi connectivity index (χ0v) is 12.7. The third kappa shape index (κ3) is 3.11. The number of piperidine rings is 1. The number of amides is 1. The van der Waals surface area contributed by atoms with Gasteiger partial charge < -0.3 is 10.0 Å². The van der Waals surface area contributed by atoms with E-state index in [-0.39, 0.29) is 17.5 Å². The summed E-state index contributed by atoms with van der Waals surface area (Å²) in [6.07, 6.45) is -1.80. The van der Waals surface area contributed by atoms with Gasteiger partial charge >= 0.3 is 6.18 Å². The van der Waals surface area contributed by atoms with Crippen LogP contribution in [0.2, 0.25) is 0 Å². The molecule has 6 heteroatoms. The van der Waals surface area contributed by atoms with E-state index in [4.69, 9.17) is 0 Å². The van der Waals surface area contributed by atoms with Crippen LogP contribution >= 0.6 is 0 Å². The van der Waals surface area contributed by atoms with Crippen LogP contribution in [0.4, 0.5) is 13.2 Å². The summed E-state index contributed by atoms with van der Waals surface area (Å²) in [6, 6.07) is 5.16. The minimum Gasteiger partial charge on any atom is -0.376 e. The highest BCUT2D eigenvalue weighted by molar-refractivity contribution is 5.94. The number of rotatable bonds is 2. The quantitative estimate of drug-likeness (QED) is 0.908. The smallest absolute Gasteiger partial charge is 0.376 e. The summed E-state index contributed by atoms with van der Waals surface area (Å²) in [5.74, 6) is -0.176. The Labute approximate surface area is 127 Å². The van der Waals surface area contributed by atoms with E-state index in [0.717, 1.165) is 31.4 Å². The molecular weight excluding hydrogens is 295 g/mol. The van der Waals surface area contributed by atoms with Crippen molar-refractivity contribution in [1.29, 1.82) is 0 Å². The van der Waals surface area contributed by atoms with Gasteiger partial charge in [-0.2, -0.15) is 13.2 Å². The van der Waals surface area contributed by atoms with Gasteiger partial charge in [-0.05, 0) is 50.8 Å². The van der Waals surface area contributed by atoms with Gasteiger partial charge in [0, 0.05) is 18.2 Å². The molecule has 0 spiro atoms. The molecule has 1 aliphatic rings. The van der Waals surface area contributed by atoms with Crippen molar-refractivity contribution >= 4 is 5.91 Å². The second kappa shape index (κ2) is 5.91. The van der Waals surface area contributed by atoms with Crippen molar-refractivity contribution in [3.05, 3.63) is 35.4 Å². The molecule has 122 valence electrons. The van der Waals surface area contributed by atoms with Crippen LogP contribution in [-0.4, -0.2) is 34.7 Å². The fourth-order valence-electron chi connectivity index (χ4n) is 2.67. The van der Waals surface area contributed by atoms with Crippen molar-refractivity contribution in [3.63, 3.8) is 0 Å². The first-order valence-corrected chi connectivity index (χ1v) is 7.35. The Bertz CT molecular complexity index is 537. The Balaban J connectivity index is 2.20. The van der Waals surface area contributed by atoms with Crippen molar-refractivity contribution < 1.29 is 23.1 Å². The van der Waals surface area contributed by atoms with Crippen molar-refractivity contribution in [2.75, 3.05) is 6.54 Å². The first kappa shape index (κ1) is 16.8. The molecule has 1 heterocycles. The third-order valence-corrected chi connectivity index (χ3v) is 4.31. The van der Waals surface area contributed by atoms with E-state index in [0.29, 0.717) is 19.0 Å². The topological polar surface area (TPSA) is 40.5 Å². The Morgan fingerprint density at radius 3 is 2.32 bits per heavy atom. The second-order valence-corrected chi connectivity index (χ2v) is 5.99. The summed E-state index contributed by atoms with van der Waals surface area (Å²) in [4.78, 5) is 14.2. The number of carbonyl (C=O) groups excluding carboxylic acids is 1. The van der Waals surface area contributed by atoms with E-state index in [1.807, 2.05) is 6.92 Å². The van der Waals surface area contributed by atoms with E-state index < -0.39 is 11.8 Å². The molecule has 1 amide bonds. The monoisotopic (exact) mass is 315 g/mol. The van der Waals surface area contributed by atoms with Crippen molar-refractivity contribution in [2.45, 2.75) is 50.9 Å². The third-order valence-electron chi connectivity index (χ3n) is 4.31. The van der Waals surface area contributed by atoms with Crippen molar-refractivity contribution in [3.8, 4) is 0 Å². The predicted octanol–water partition coefficient (Wildman–Crippen LogP) is 3.47. The van der Waals surface area contributed by atoms with Gasteiger partial charge in [-0.25, -0.2) is 0 Å². The van der Waals surface area contributed by atoms with Gasteiger partial charge in [-0.1, -0.05) is 12.1 Å². The molecule has 0 radical (unpaired) electrons. The number of alkyl halides is 3. The van der Waals surface area contributed by atoms with E-state index in [2.05, 4.69) is 0 Å². The summed E-state index contributed by atoms with van der Waals surface area (Å²) >= 11 is 0. The molecule has 2 atom stereocenters. The van der Waals surface area contributed by atoms with Gasteiger partial charge in [-0.15, -0.1) is 0 Å². The van der Waals surface area contributed by atoms with Gasteiger partial charge in [-0.3, -0.25) is 4.79 Å². The first-order valence-electron chi connectivity index (χ1n) is 7.35. The lowest BCUT2D eigenvalue weighted by Crippen LogP contribution is -2.42. The Kier molecular flexibility index (Phi) is 4.52. The number of hydrogen-bond donors (Lipinski definition) is 1. The fourth-order valence-corrected chi connectivity index (χ4v) is 2.67. The average molecular weight is 315 g/mol. The maximum Gasteiger partial charge on any atom is 0.421 e. The van der Waals surface area contributed by atoms with E-state index >= 15 is 0 Å². The highest BCUT2D eigenvalue weighted by atomic mass is 19.4. The lowest BCUT2D eigenvalue weighted by Gasteiger charge is -2.33. The standard InChI is InChI=1S/C16H20F3NO2/c1-11-5-3-4-10-20(11)14(21)12-6-8-13(9-7-12)15(2,22)16(17,18)19/h6-9,11,22H,3-5,10H2,1-2H3/t11-,15+/m1/s1. The summed E-state index contributed by atoms with van der Waals surface area (Å²) in [7, 11) is 0. The number of benzene rings is 1. The number of nitrogens with zero attached hydrogens (tertiary/aromatic N) is 1. The summed E-state index contributed by atoms with van der Waals surface area (Å²) in [5, 5.41) is 9.62. The maximum absolute atomic E-state index is 12.8. The molecule has 0 aliphatic carbocycles. The van der Waals surface area contributed by atoms with Crippen LogP contribution in [0.5, 0.6) is 0 Å². The van der Waals surface area contributed by atoms with Crippen LogP contribution < -0.4 is 0 Å². The van der Waals surface area contributed by atoms with E-state index in [9.17, 15) is 23.1 Å². The number of likely N-dealkylation sites (tertiary alicyclic amines) is 1. The lowest BCUT2D eigenvalue weighted by atomic mass is 9.94. The van der Waals surface area contributed by atoms with E-state index in [1.165, 1.54) is 12.1 Å². The summed E-state index contributed by atoms with van der Waals surface area (Å²) in [6.45, 7) is 3.35. The Morgan fingerprint density at radius 2 is 1.82 bits per heavy atom. The van der Waals surface area contributed by atoms with Crippen LogP contribution in [-0.2, 0) is 5.60 Å². The molecule has 1 saturated heterocycles. The molecule has 0 aromatic heterocycles. The van der Waals surface area contributed by atoms with Gasteiger partial charge in [0.05, 0.1) is 0 Å². The van der Waals surface area contributed by atoms with Crippen molar-refractivity contribution in [2.24, 2.45) is 0 Å². The predicted molar refractivity (Wildman–Crippen MR) is 76.4 cm³/mol. The Hall–Kier alpha value is -1.56. The fraction of sp³-hybridized carbons (Fsp3) is 0.562. The van der Waals surface area contributed by atoms with Gasteiger partial charge in [0.2, 0.25) is 0 Å². The highest BCUT2D eigenvalue weighted by Crippen LogP contribution is 2.38. The maximum atomic E-state index is 12.8. The zero-order valence-electron chi connectivity index (χ0n) is 12.7. The number of hydrogen-bond acceptors (Lipinski definition) is 2.